The van der Waals surface area contributed by atoms with E-state index in [1.54, 1.807) is 0 Å². The van der Waals surface area contributed by atoms with Crippen molar-refractivity contribution in [2.45, 2.75) is 45.5 Å². The largest absolute Gasteiger partial charge is 0.492 e. The molecule has 9 heteroatoms. The van der Waals surface area contributed by atoms with Crippen molar-refractivity contribution in [1.29, 1.82) is 0 Å². The van der Waals surface area contributed by atoms with Gasteiger partial charge in [0.15, 0.2) is 0 Å². The molecule has 5 nitrogen and oxygen atoms in total. The molecule has 170 valence electrons. The number of rotatable bonds is 6. The molecule has 32 heavy (non-hydrogen) atoms. The number of alkyl carbamates (subject to hydrolysis) is 1. The molecule has 0 spiro atoms. The van der Waals surface area contributed by atoms with E-state index in [-0.39, 0.29) is 18.6 Å². The standard InChI is InChI=1S/C23H25BF3NO4/c1-22(2)23(3,4)32-24(31-22)16(10-18-19(26)11-17(25)12-20(18)27)13-28-21(29)30-14-15-8-6-5-7-9-15/h5-12H,13-14H2,1-4H3,(H,28,29). The van der Waals surface area contributed by atoms with Gasteiger partial charge in [0.1, 0.15) is 24.1 Å². The summed E-state index contributed by atoms with van der Waals surface area (Å²) in [6, 6.07) is 10.3. The predicted octanol–water partition coefficient (Wildman–Crippen LogP) is 5.05. The van der Waals surface area contributed by atoms with E-state index in [2.05, 4.69) is 5.32 Å². The fourth-order valence-corrected chi connectivity index (χ4v) is 3.02. The highest BCUT2D eigenvalue weighted by atomic mass is 19.1. The maximum atomic E-state index is 14.3. The zero-order chi connectivity index (χ0) is 23.5. The maximum Gasteiger partial charge on any atom is 0.492 e. The molecule has 0 saturated carbocycles. The van der Waals surface area contributed by atoms with Gasteiger partial charge in [0.25, 0.3) is 0 Å². The summed E-state index contributed by atoms with van der Waals surface area (Å²) in [6.07, 6.45) is 0.431. The maximum absolute atomic E-state index is 14.3. The number of hydrogen-bond acceptors (Lipinski definition) is 4. The van der Waals surface area contributed by atoms with Crippen LogP contribution in [0.5, 0.6) is 0 Å². The van der Waals surface area contributed by atoms with Crippen LogP contribution in [0.2, 0.25) is 0 Å². The molecule has 1 saturated heterocycles. The Labute approximate surface area is 185 Å². The first kappa shape index (κ1) is 23.9. The van der Waals surface area contributed by atoms with Crippen LogP contribution in [0.25, 0.3) is 6.08 Å². The molecule has 2 aromatic carbocycles. The Bertz CT molecular complexity index is 973. The fourth-order valence-electron chi connectivity index (χ4n) is 3.02. The zero-order valence-corrected chi connectivity index (χ0v) is 18.4. The average molecular weight is 447 g/mol. The minimum Gasteiger partial charge on any atom is -0.445 e. The van der Waals surface area contributed by atoms with Crippen molar-refractivity contribution >= 4 is 19.3 Å². The zero-order valence-electron chi connectivity index (χ0n) is 18.4. The molecule has 0 atom stereocenters. The molecule has 0 unspecified atom stereocenters. The second kappa shape index (κ2) is 9.38. The van der Waals surface area contributed by atoms with Crippen molar-refractivity contribution in [2.75, 3.05) is 6.54 Å². The Hall–Kier alpha value is -2.78. The minimum atomic E-state index is -1.08. The summed E-state index contributed by atoms with van der Waals surface area (Å²) >= 11 is 0. The second-order valence-corrected chi connectivity index (χ2v) is 8.51. The summed E-state index contributed by atoms with van der Waals surface area (Å²) in [5.41, 5.74) is -0.852. The van der Waals surface area contributed by atoms with Crippen LogP contribution in [-0.2, 0) is 20.7 Å². The van der Waals surface area contributed by atoms with Crippen molar-refractivity contribution in [3.05, 3.63) is 76.5 Å². The van der Waals surface area contributed by atoms with Gasteiger partial charge in [0, 0.05) is 24.2 Å². The topological polar surface area (TPSA) is 56.8 Å². The molecule has 3 rings (SSSR count). The molecule has 1 N–H and O–H groups in total. The Morgan fingerprint density at radius 3 is 2.16 bits per heavy atom. The van der Waals surface area contributed by atoms with Crippen molar-refractivity contribution in [1.82, 2.24) is 5.32 Å². The Balaban J connectivity index is 1.79. The minimum absolute atomic E-state index is 0.0590. The number of benzene rings is 2. The van der Waals surface area contributed by atoms with Crippen molar-refractivity contribution in [3.63, 3.8) is 0 Å². The quantitative estimate of drug-likeness (QED) is 0.631. The molecule has 1 heterocycles. The molecule has 0 aliphatic carbocycles. The van der Waals surface area contributed by atoms with Gasteiger partial charge in [-0.25, -0.2) is 18.0 Å². The Morgan fingerprint density at radius 1 is 1.03 bits per heavy atom. The molecule has 1 fully saturated rings. The summed E-state index contributed by atoms with van der Waals surface area (Å²) in [5.74, 6) is -3.19. The van der Waals surface area contributed by atoms with Gasteiger partial charge in [-0.3, -0.25) is 0 Å². The highest BCUT2D eigenvalue weighted by Gasteiger charge is 2.52. The van der Waals surface area contributed by atoms with Crippen molar-refractivity contribution < 1.29 is 32.0 Å². The highest BCUT2D eigenvalue weighted by Crippen LogP contribution is 2.39. The third-order valence-corrected chi connectivity index (χ3v) is 5.58. The summed E-state index contributed by atoms with van der Waals surface area (Å²) in [7, 11) is -0.988. The van der Waals surface area contributed by atoms with Crippen LogP contribution in [0.15, 0.2) is 47.9 Å². The van der Waals surface area contributed by atoms with Crippen LogP contribution in [0, 0.1) is 17.5 Å². The summed E-state index contributed by atoms with van der Waals surface area (Å²) in [5, 5.41) is 2.55. The van der Waals surface area contributed by atoms with E-state index in [0.29, 0.717) is 12.1 Å². The van der Waals surface area contributed by atoms with E-state index >= 15 is 0 Å². The molecule has 1 aliphatic heterocycles. The normalized spacial score (nSPS) is 17.3. The van der Waals surface area contributed by atoms with Crippen molar-refractivity contribution in [2.24, 2.45) is 0 Å². The molecule has 0 radical (unpaired) electrons. The number of carbonyl (C=O) groups is 1. The van der Waals surface area contributed by atoms with E-state index < -0.39 is 47.4 Å². The average Bonchev–Trinajstić information content (AvgIpc) is 2.93. The van der Waals surface area contributed by atoms with Crippen LogP contribution in [0.3, 0.4) is 0 Å². The number of amides is 1. The first-order chi connectivity index (χ1) is 15.0. The van der Waals surface area contributed by atoms with E-state index in [0.717, 1.165) is 11.6 Å². The van der Waals surface area contributed by atoms with Gasteiger partial charge in [0.2, 0.25) is 0 Å². The Kier molecular flexibility index (Phi) is 7.00. The first-order valence-corrected chi connectivity index (χ1v) is 10.1. The monoisotopic (exact) mass is 447 g/mol. The van der Waals surface area contributed by atoms with Gasteiger partial charge in [-0.05, 0) is 38.7 Å². The predicted molar refractivity (Wildman–Crippen MR) is 115 cm³/mol. The van der Waals surface area contributed by atoms with Gasteiger partial charge < -0.3 is 19.4 Å². The van der Waals surface area contributed by atoms with E-state index in [4.69, 9.17) is 14.0 Å². The van der Waals surface area contributed by atoms with Gasteiger partial charge in [-0.15, -0.1) is 0 Å². The number of ether oxygens (including phenoxy) is 1. The van der Waals surface area contributed by atoms with E-state index in [1.807, 2.05) is 58.0 Å². The van der Waals surface area contributed by atoms with Crippen LogP contribution < -0.4 is 5.32 Å². The van der Waals surface area contributed by atoms with Crippen LogP contribution >= 0.6 is 0 Å². The lowest BCUT2D eigenvalue weighted by Gasteiger charge is -2.32. The molecule has 0 bridgehead atoms. The number of halogens is 3. The fraction of sp³-hybridized carbons (Fsp3) is 0.348. The van der Waals surface area contributed by atoms with Crippen LogP contribution in [0.4, 0.5) is 18.0 Å². The Morgan fingerprint density at radius 2 is 1.59 bits per heavy atom. The lowest BCUT2D eigenvalue weighted by molar-refractivity contribution is 0.00578. The lowest BCUT2D eigenvalue weighted by atomic mass is 9.77. The van der Waals surface area contributed by atoms with E-state index in [1.165, 1.54) is 0 Å². The van der Waals surface area contributed by atoms with E-state index in [9.17, 15) is 18.0 Å². The summed E-state index contributed by atoms with van der Waals surface area (Å²) in [4.78, 5) is 12.2. The SMILES string of the molecule is CC1(C)OB(C(=Cc2c(F)cc(F)cc2F)CNC(=O)OCc2ccccc2)OC1(C)C. The van der Waals surface area contributed by atoms with Gasteiger partial charge in [0.05, 0.1) is 11.2 Å². The number of hydrogen-bond donors (Lipinski definition) is 1. The van der Waals surface area contributed by atoms with Crippen LogP contribution in [-0.4, -0.2) is 31.0 Å². The number of nitrogens with one attached hydrogen (secondary N) is 1. The summed E-state index contributed by atoms with van der Waals surface area (Å²) in [6.45, 7) is 7.19. The second-order valence-electron chi connectivity index (χ2n) is 8.51. The first-order valence-electron chi connectivity index (χ1n) is 10.1. The summed E-state index contributed by atoms with van der Waals surface area (Å²) < 4.78 is 58.9. The van der Waals surface area contributed by atoms with Crippen LogP contribution in [0.1, 0.15) is 38.8 Å². The molecular weight excluding hydrogens is 422 g/mol. The smallest absolute Gasteiger partial charge is 0.445 e. The molecular formula is C23H25BF3NO4. The number of carbonyl (C=O) groups excluding carboxylic acids is 1. The highest BCUT2D eigenvalue weighted by molar-refractivity contribution is 6.56. The molecule has 1 aliphatic rings. The van der Waals surface area contributed by atoms with Gasteiger partial charge in [-0.1, -0.05) is 36.4 Å². The molecule has 1 amide bonds. The van der Waals surface area contributed by atoms with Crippen molar-refractivity contribution in [3.8, 4) is 0 Å². The third-order valence-electron chi connectivity index (χ3n) is 5.58. The van der Waals surface area contributed by atoms with Gasteiger partial charge >= 0.3 is 13.2 Å². The third kappa shape index (κ3) is 5.52. The molecule has 0 aromatic heterocycles. The van der Waals surface area contributed by atoms with Gasteiger partial charge in [-0.2, -0.15) is 0 Å². The lowest BCUT2D eigenvalue weighted by Crippen LogP contribution is -2.41. The molecule has 2 aromatic rings.